The number of hydrogen-bond donors (Lipinski definition) is 1. The molecule has 0 atom stereocenters. The fourth-order valence-electron chi connectivity index (χ4n) is 1.85. The zero-order valence-corrected chi connectivity index (χ0v) is 13.3. The average Bonchev–Trinajstić information content (AvgIpc) is 2.43. The van der Waals surface area contributed by atoms with E-state index in [9.17, 15) is 4.79 Å². The number of nitrogens with zero attached hydrogens (tertiary/aromatic N) is 1. The molecule has 0 fully saturated rings. The summed E-state index contributed by atoms with van der Waals surface area (Å²) in [5, 5.41) is 0.655. The first-order valence-electron chi connectivity index (χ1n) is 6.03. The molecule has 5 heteroatoms. The van der Waals surface area contributed by atoms with E-state index in [1.165, 1.54) is 0 Å². The summed E-state index contributed by atoms with van der Waals surface area (Å²) in [6.45, 7) is 0.453. The Kier molecular flexibility index (Phi) is 4.68. The van der Waals surface area contributed by atoms with E-state index < -0.39 is 0 Å². The van der Waals surface area contributed by atoms with E-state index >= 15 is 0 Å². The lowest BCUT2D eigenvalue weighted by Gasteiger charge is -2.18. The lowest BCUT2D eigenvalue weighted by atomic mass is 10.1. The molecule has 0 aromatic heterocycles. The zero-order valence-electron chi connectivity index (χ0n) is 10.9. The SMILES string of the molecule is CN(Cc1ccccc1Cl)C(=O)c1ccc(Br)c(N)c1. The van der Waals surface area contributed by atoms with Gasteiger partial charge in [0.1, 0.15) is 0 Å². The predicted molar refractivity (Wildman–Crippen MR) is 85.8 cm³/mol. The van der Waals surface area contributed by atoms with Crippen LogP contribution < -0.4 is 5.73 Å². The summed E-state index contributed by atoms with van der Waals surface area (Å²) < 4.78 is 0.780. The average molecular weight is 354 g/mol. The van der Waals surface area contributed by atoms with Crippen molar-refractivity contribution in [3.05, 3.63) is 63.1 Å². The van der Waals surface area contributed by atoms with Gasteiger partial charge in [0.05, 0.1) is 0 Å². The Morgan fingerprint density at radius 1 is 1.30 bits per heavy atom. The summed E-state index contributed by atoms with van der Waals surface area (Å²) >= 11 is 9.41. The minimum absolute atomic E-state index is 0.0934. The summed E-state index contributed by atoms with van der Waals surface area (Å²) in [5.74, 6) is -0.0934. The highest BCUT2D eigenvalue weighted by Gasteiger charge is 2.14. The summed E-state index contributed by atoms with van der Waals surface area (Å²) in [4.78, 5) is 14.0. The molecular formula is C15H14BrClN2O. The molecule has 1 amide bonds. The normalized spacial score (nSPS) is 10.3. The molecule has 2 N–H and O–H groups in total. The standard InChI is InChI=1S/C15H14BrClN2O/c1-19(9-11-4-2-3-5-13(11)17)15(20)10-6-7-12(16)14(18)8-10/h2-8H,9,18H2,1H3. The first-order chi connectivity index (χ1) is 9.49. The molecule has 0 spiro atoms. The fourth-order valence-corrected chi connectivity index (χ4v) is 2.29. The fraction of sp³-hybridized carbons (Fsp3) is 0.133. The molecule has 0 unspecified atom stereocenters. The lowest BCUT2D eigenvalue weighted by molar-refractivity contribution is 0.0785. The van der Waals surface area contributed by atoms with E-state index in [0.29, 0.717) is 22.8 Å². The highest BCUT2D eigenvalue weighted by Crippen LogP contribution is 2.22. The van der Waals surface area contributed by atoms with Crippen LogP contribution in [0, 0.1) is 0 Å². The Labute approximate surface area is 131 Å². The first-order valence-corrected chi connectivity index (χ1v) is 7.20. The Morgan fingerprint density at radius 2 is 2.00 bits per heavy atom. The molecule has 0 radical (unpaired) electrons. The van der Waals surface area contributed by atoms with Gasteiger partial charge in [-0.1, -0.05) is 29.8 Å². The Balaban J connectivity index is 2.16. The van der Waals surface area contributed by atoms with Gasteiger partial charge in [-0.15, -0.1) is 0 Å². The summed E-state index contributed by atoms with van der Waals surface area (Å²) in [6, 6.07) is 12.7. The number of carbonyl (C=O) groups is 1. The number of anilines is 1. The van der Waals surface area contributed by atoms with Crippen molar-refractivity contribution in [3.63, 3.8) is 0 Å². The number of amides is 1. The van der Waals surface area contributed by atoms with Gasteiger partial charge >= 0.3 is 0 Å². The van der Waals surface area contributed by atoms with E-state index in [2.05, 4.69) is 15.9 Å². The number of nitrogens with two attached hydrogens (primary N) is 1. The molecular weight excluding hydrogens is 340 g/mol. The van der Waals surface area contributed by atoms with Crippen LogP contribution in [0.1, 0.15) is 15.9 Å². The third-order valence-corrected chi connectivity index (χ3v) is 4.05. The first kappa shape index (κ1) is 14.9. The predicted octanol–water partition coefficient (Wildman–Crippen LogP) is 3.96. The van der Waals surface area contributed by atoms with Gasteiger partial charge in [-0.25, -0.2) is 0 Å². The maximum Gasteiger partial charge on any atom is 0.253 e. The van der Waals surface area contributed by atoms with Crippen molar-refractivity contribution in [2.24, 2.45) is 0 Å². The van der Waals surface area contributed by atoms with Gasteiger partial charge < -0.3 is 10.6 Å². The molecule has 0 saturated carbocycles. The van der Waals surface area contributed by atoms with Gasteiger partial charge in [-0.2, -0.15) is 0 Å². The van der Waals surface area contributed by atoms with Crippen LogP contribution in [0.25, 0.3) is 0 Å². The van der Waals surface area contributed by atoms with E-state index in [4.69, 9.17) is 17.3 Å². The van der Waals surface area contributed by atoms with Gasteiger partial charge in [0.25, 0.3) is 5.91 Å². The van der Waals surface area contributed by atoms with Crippen LogP contribution in [0.2, 0.25) is 5.02 Å². The molecule has 104 valence electrons. The van der Waals surface area contributed by atoms with Gasteiger partial charge in [0.15, 0.2) is 0 Å². The van der Waals surface area contributed by atoms with Crippen LogP contribution in [0.4, 0.5) is 5.69 Å². The Morgan fingerprint density at radius 3 is 2.65 bits per heavy atom. The van der Waals surface area contributed by atoms with Crippen LogP contribution in [-0.2, 0) is 6.54 Å². The topological polar surface area (TPSA) is 46.3 Å². The summed E-state index contributed by atoms with van der Waals surface area (Å²) in [6.07, 6.45) is 0. The molecule has 0 aliphatic carbocycles. The molecule has 2 rings (SSSR count). The van der Waals surface area contributed by atoms with Crippen LogP contribution in [0.3, 0.4) is 0 Å². The monoisotopic (exact) mass is 352 g/mol. The van der Waals surface area contributed by atoms with E-state index in [-0.39, 0.29) is 5.91 Å². The number of hydrogen-bond acceptors (Lipinski definition) is 2. The van der Waals surface area contributed by atoms with Gasteiger partial charge in [0.2, 0.25) is 0 Å². The number of nitrogen functional groups attached to an aromatic ring is 1. The molecule has 0 saturated heterocycles. The Bertz CT molecular complexity index is 646. The highest BCUT2D eigenvalue weighted by molar-refractivity contribution is 9.10. The highest BCUT2D eigenvalue weighted by atomic mass is 79.9. The third kappa shape index (κ3) is 3.32. The van der Waals surface area contributed by atoms with Crippen LogP contribution in [0.15, 0.2) is 46.9 Å². The van der Waals surface area contributed by atoms with Crippen molar-refractivity contribution in [1.82, 2.24) is 4.90 Å². The van der Waals surface area contributed by atoms with Crippen molar-refractivity contribution in [2.45, 2.75) is 6.54 Å². The minimum Gasteiger partial charge on any atom is -0.398 e. The van der Waals surface area contributed by atoms with Crippen LogP contribution in [-0.4, -0.2) is 17.9 Å². The molecule has 0 heterocycles. The number of benzene rings is 2. The van der Waals surface area contributed by atoms with Crippen molar-refractivity contribution < 1.29 is 4.79 Å². The summed E-state index contributed by atoms with van der Waals surface area (Å²) in [5.41, 5.74) is 7.81. The minimum atomic E-state index is -0.0934. The molecule has 3 nitrogen and oxygen atoms in total. The third-order valence-electron chi connectivity index (χ3n) is 2.95. The smallest absolute Gasteiger partial charge is 0.253 e. The zero-order chi connectivity index (χ0) is 14.7. The number of rotatable bonds is 3. The molecule has 0 aliphatic rings. The van der Waals surface area contributed by atoms with Crippen molar-refractivity contribution in [1.29, 1.82) is 0 Å². The second kappa shape index (κ2) is 6.29. The molecule has 2 aromatic rings. The van der Waals surface area contributed by atoms with Gasteiger partial charge in [-0.3, -0.25) is 4.79 Å². The lowest BCUT2D eigenvalue weighted by Crippen LogP contribution is -2.26. The maximum atomic E-state index is 12.3. The molecule has 20 heavy (non-hydrogen) atoms. The van der Waals surface area contributed by atoms with Crippen LogP contribution in [0.5, 0.6) is 0 Å². The molecule has 2 aromatic carbocycles. The second-order valence-corrected chi connectivity index (χ2v) is 5.75. The van der Waals surface area contributed by atoms with E-state index in [0.717, 1.165) is 10.0 Å². The van der Waals surface area contributed by atoms with Gasteiger partial charge in [-0.05, 0) is 45.8 Å². The van der Waals surface area contributed by atoms with Gasteiger partial charge in [0, 0.05) is 34.3 Å². The van der Waals surface area contributed by atoms with Crippen molar-refractivity contribution in [2.75, 3.05) is 12.8 Å². The molecule has 0 aliphatic heterocycles. The summed E-state index contributed by atoms with van der Waals surface area (Å²) in [7, 11) is 1.74. The van der Waals surface area contributed by atoms with E-state index in [1.807, 2.05) is 24.3 Å². The van der Waals surface area contributed by atoms with Crippen molar-refractivity contribution in [3.8, 4) is 0 Å². The number of halogens is 2. The molecule has 0 bridgehead atoms. The van der Waals surface area contributed by atoms with Crippen LogP contribution >= 0.6 is 27.5 Å². The second-order valence-electron chi connectivity index (χ2n) is 4.49. The largest absolute Gasteiger partial charge is 0.398 e. The Hall–Kier alpha value is -1.52. The van der Waals surface area contributed by atoms with E-state index in [1.54, 1.807) is 30.1 Å². The number of carbonyl (C=O) groups excluding carboxylic acids is 1. The maximum absolute atomic E-state index is 12.3. The quantitative estimate of drug-likeness (QED) is 0.849. The van der Waals surface area contributed by atoms with Crippen molar-refractivity contribution >= 4 is 39.1 Å².